The van der Waals surface area contributed by atoms with Crippen LogP contribution in [0, 0.1) is 17.8 Å². The molecular formula is C23H32N2O2. The first-order valence-corrected chi connectivity index (χ1v) is 10.8. The number of aromatic nitrogens is 2. The van der Waals surface area contributed by atoms with Gasteiger partial charge in [0.25, 0.3) is 0 Å². The van der Waals surface area contributed by atoms with Gasteiger partial charge in [-0.15, -0.1) is 0 Å². The molecule has 0 amide bonds. The molecule has 1 unspecified atom stereocenters. The molecule has 1 atom stereocenters. The Hall–Kier alpha value is -1.39. The maximum Gasteiger partial charge on any atom is 0.112 e. The summed E-state index contributed by atoms with van der Waals surface area (Å²) >= 11 is 0. The van der Waals surface area contributed by atoms with Crippen LogP contribution in [0.25, 0.3) is 11.0 Å². The van der Waals surface area contributed by atoms with Gasteiger partial charge in [-0.3, -0.25) is 0 Å². The highest BCUT2D eigenvalue weighted by molar-refractivity contribution is 5.76. The van der Waals surface area contributed by atoms with Gasteiger partial charge in [0.1, 0.15) is 5.82 Å². The largest absolute Gasteiger partial charge is 0.389 e. The lowest BCUT2D eigenvalue weighted by Crippen LogP contribution is -2.52. The van der Waals surface area contributed by atoms with Gasteiger partial charge < -0.3 is 14.4 Å². The predicted molar refractivity (Wildman–Crippen MR) is 107 cm³/mol. The number of imidazole rings is 1. The summed E-state index contributed by atoms with van der Waals surface area (Å²) in [6.07, 6.45) is 7.43. The van der Waals surface area contributed by atoms with Gasteiger partial charge in [0.2, 0.25) is 0 Å². The van der Waals surface area contributed by atoms with Gasteiger partial charge in [-0.2, -0.15) is 0 Å². The van der Waals surface area contributed by atoms with Gasteiger partial charge in [0.15, 0.2) is 0 Å². The predicted octanol–water partition coefficient (Wildman–Crippen LogP) is 4.51. The van der Waals surface area contributed by atoms with Crippen molar-refractivity contribution in [3.05, 3.63) is 30.1 Å². The minimum Gasteiger partial charge on any atom is -0.389 e. The second kappa shape index (κ2) is 6.59. The van der Waals surface area contributed by atoms with Crippen molar-refractivity contribution in [3.63, 3.8) is 0 Å². The van der Waals surface area contributed by atoms with Gasteiger partial charge in [-0.05, 0) is 68.4 Å². The van der Waals surface area contributed by atoms with Crippen LogP contribution in [0.4, 0.5) is 0 Å². The molecule has 1 aromatic heterocycles. The van der Waals surface area contributed by atoms with Crippen molar-refractivity contribution in [1.29, 1.82) is 0 Å². The third kappa shape index (κ3) is 3.21. The zero-order valence-electron chi connectivity index (χ0n) is 16.6. The molecule has 0 aliphatic heterocycles. The maximum atomic E-state index is 10.8. The van der Waals surface area contributed by atoms with E-state index in [2.05, 4.69) is 30.5 Å². The molecule has 1 heterocycles. The van der Waals surface area contributed by atoms with Crippen LogP contribution in [0.3, 0.4) is 0 Å². The highest BCUT2D eigenvalue weighted by Crippen LogP contribution is 2.57. The van der Waals surface area contributed by atoms with Crippen LogP contribution in [0.2, 0.25) is 0 Å². The summed E-state index contributed by atoms with van der Waals surface area (Å²) in [7, 11) is 0. The maximum absolute atomic E-state index is 10.8. The van der Waals surface area contributed by atoms with E-state index in [1.165, 1.54) is 38.5 Å². The van der Waals surface area contributed by atoms with Crippen LogP contribution >= 0.6 is 0 Å². The minimum absolute atomic E-state index is 0.0631. The molecule has 146 valence electrons. The Morgan fingerprint density at radius 1 is 1.11 bits per heavy atom. The molecule has 6 rings (SSSR count). The van der Waals surface area contributed by atoms with E-state index < -0.39 is 6.10 Å². The van der Waals surface area contributed by atoms with Crippen LogP contribution < -0.4 is 0 Å². The summed E-state index contributed by atoms with van der Waals surface area (Å²) in [4.78, 5) is 4.79. The smallest absolute Gasteiger partial charge is 0.112 e. The average Bonchev–Trinajstić information content (AvgIpc) is 2.98. The molecule has 4 fully saturated rings. The molecule has 4 aliphatic carbocycles. The molecule has 0 spiro atoms. The van der Waals surface area contributed by atoms with Crippen LogP contribution in [0.1, 0.15) is 64.1 Å². The van der Waals surface area contributed by atoms with Crippen molar-refractivity contribution in [2.45, 2.75) is 76.5 Å². The zero-order chi connectivity index (χ0) is 18.6. The van der Waals surface area contributed by atoms with Crippen LogP contribution in [-0.4, -0.2) is 33.0 Å². The number of ether oxygens (including phenoxy) is 1. The number of aliphatic hydroxyl groups excluding tert-OH is 1. The van der Waals surface area contributed by atoms with E-state index in [-0.39, 0.29) is 5.60 Å². The number of benzene rings is 1. The van der Waals surface area contributed by atoms with E-state index in [0.29, 0.717) is 19.1 Å². The fraction of sp³-hybridized carbons (Fsp3) is 0.696. The fourth-order valence-corrected chi connectivity index (χ4v) is 6.47. The van der Waals surface area contributed by atoms with E-state index >= 15 is 0 Å². The van der Waals surface area contributed by atoms with Gasteiger partial charge in [0.05, 0.1) is 35.9 Å². The second-order valence-corrected chi connectivity index (χ2v) is 9.79. The number of hydrogen-bond acceptors (Lipinski definition) is 3. The first kappa shape index (κ1) is 17.7. The first-order valence-electron chi connectivity index (χ1n) is 10.8. The fourth-order valence-electron chi connectivity index (χ4n) is 6.47. The lowest BCUT2D eigenvalue weighted by Gasteiger charge is -2.56. The van der Waals surface area contributed by atoms with Crippen molar-refractivity contribution >= 4 is 11.0 Å². The molecule has 27 heavy (non-hydrogen) atoms. The van der Waals surface area contributed by atoms with E-state index in [9.17, 15) is 5.11 Å². The number of fused-ring (bicyclic) bond motifs is 1. The summed E-state index contributed by atoms with van der Waals surface area (Å²) in [5.74, 6) is 3.99. The lowest BCUT2D eigenvalue weighted by molar-refractivity contribution is -0.175. The summed E-state index contributed by atoms with van der Waals surface area (Å²) in [6.45, 7) is 5.32. The number of para-hydroxylation sites is 2. The third-order valence-corrected chi connectivity index (χ3v) is 7.16. The number of nitrogens with zero attached hydrogens (tertiary/aromatic N) is 2. The van der Waals surface area contributed by atoms with Gasteiger partial charge in [-0.1, -0.05) is 26.0 Å². The third-order valence-electron chi connectivity index (χ3n) is 7.16. The topological polar surface area (TPSA) is 47.3 Å². The van der Waals surface area contributed by atoms with Gasteiger partial charge >= 0.3 is 0 Å². The second-order valence-electron chi connectivity index (χ2n) is 9.79. The molecule has 2 aromatic rings. The standard InChI is InChI=1S/C23H32N2O2/c1-15(2)22-24-20-5-3-4-6-21(20)25(22)13-19(26)14-27-23-10-16-7-17(11-23)9-18(8-16)12-23/h3-6,15-19,26H,7-14H2,1-2H3. The van der Waals surface area contributed by atoms with E-state index in [1.807, 2.05) is 12.1 Å². The Bertz CT molecular complexity index is 790. The summed E-state index contributed by atoms with van der Waals surface area (Å²) in [5, 5.41) is 10.8. The van der Waals surface area contributed by atoms with E-state index in [4.69, 9.17) is 9.72 Å². The van der Waals surface area contributed by atoms with Crippen molar-refractivity contribution in [2.75, 3.05) is 6.61 Å². The molecule has 0 saturated heterocycles. The Balaban J connectivity index is 1.30. The quantitative estimate of drug-likeness (QED) is 0.816. The SMILES string of the molecule is CC(C)c1nc2ccccc2n1CC(O)COC12CC3CC(CC(C3)C1)C2. The molecule has 1 aromatic carbocycles. The van der Waals surface area contributed by atoms with Crippen LogP contribution in [-0.2, 0) is 11.3 Å². The monoisotopic (exact) mass is 368 g/mol. The molecule has 4 aliphatic rings. The Morgan fingerprint density at radius 3 is 2.37 bits per heavy atom. The molecule has 4 bridgehead atoms. The highest BCUT2D eigenvalue weighted by Gasteiger charge is 2.51. The van der Waals surface area contributed by atoms with E-state index in [0.717, 1.165) is 34.6 Å². The van der Waals surface area contributed by atoms with Crippen molar-refractivity contribution in [3.8, 4) is 0 Å². The van der Waals surface area contributed by atoms with Gasteiger partial charge in [0, 0.05) is 5.92 Å². The zero-order valence-corrected chi connectivity index (χ0v) is 16.6. The van der Waals surface area contributed by atoms with Crippen molar-refractivity contribution in [2.24, 2.45) is 17.8 Å². The number of rotatable bonds is 6. The number of aliphatic hydroxyl groups is 1. The Kier molecular flexibility index (Phi) is 4.32. The summed E-state index contributed by atoms with van der Waals surface area (Å²) in [5.41, 5.74) is 2.18. The summed E-state index contributed by atoms with van der Waals surface area (Å²) in [6, 6.07) is 8.22. The average molecular weight is 369 g/mol. The van der Waals surface area contributed by atoms with Crippen molar-refractivity contribution in [1.82, 2.24) is 9.55 Å². The van der Waals surface area contributed by atoms with Crippen molar-refractivity contribution < 1.29 is 9.84 Å². The molecule has 4 nitrogen and oxygen atoms in total. The lowest BCUT2D eigenvalue weighted by atomic mass is 9.54. The van der Waals surface area contributed by atoms with Crippen LogP contribution in [0.15, 0.2) is 24.3 Å². The minimum atomic E-state index is -0.492. The molecule has 0 radical (unpaired) electrons. The Labute approximate surface area is 161 Å². The highest BCUT2D eigenvalue weighted by atomic mass is 16.5. The van der Waals surface area contributed by atoms with E-state index in [1.54, 1.807) is 0 Å². The van der Waals surface area contributed by atoms with Crippen LogP contribution in [0.5, 0.6) is 0 Å². The molecular weight excluding hydrogens is 336 g/mol. The molecule has 4 saturated carbocycles. The molecule has 4 heteroatoms. The Morgan fingerprint density at radius 2 is 1.74 bits per heavy atom. The summed E-state index contributed by atoms with van der Waals surface area (Å²) < 4.78 is 8.67. The van der Waals surface area contributed by atoms with Gasteiger partial charge in [-0.25, -0.2) is 4.98 Å². The number of hydrogen-bond donors (Lipinski definition) is 1. The molecule has 1 N–H and O–H groups in total. The first-order chi connectivity index (χ1) is 13.0. The normalized spacial score (nSPS) is 33.3.